The summed E-state index contributed by atoms with van der Waals surface area (Å²) in [7, 11) is 0. The SMILES string of the molecule is CCOc1cc(C(=O)NC2CCN(C(=O)CC(C)C)CC2)cc(OCC)c1OCC. The molecule has 7 nitrogen and oxygen atoms in total. The zero-order valence-electron chi connectivity index (χ0n) is 19.0. The number of carbonyl (C=O) groups is 2. The van der Waals surface area contributed by atoms with Crippen molar-refractivity contribution in [3.63, 3.8) is 0 Å². The van der Waals surface area contributed by atoms with Crippen LogP contribution in [0.4, 0.5) is 0 Å². The van der Waals surface area contributed by atoms with Crippen molar-refractivity contribution in [1.29, 1.82) is 0 Å². The van der Waals surface area contributed by atoms with Crippen LogP contribution in [0, 0.1) is 5.92 Å². The third kappa shape index (κ3) is 6.54. The minimum atomic E-state index is -0.174. The molecule has 0 unspecified atom stereocenters. The maximum atomic E-state index is 12.9. The Bertz CT molecular complexity index is 685. The summed E-state index contributed by atoms with van der Waals surface area (Å²) in [6.45, 7) is 12.5. The zero-order valence-corrected chi connectivity index (χ0v) is 19.0. The summed E-state index contributed by atoms with van der Waals surface area (Å²) in [5.74, 6) is 1.91. The Morgan fingerprint density at radius 3 is 2.00 bits per heavy atom. The molecule has 0 spiro atoms. The molecule has 1 aromatic carbocycles. The Balaban J connectivity index is 2.07. The van der Waals surface area contributed by atoms with Gasteiger partial charge in [0.1, 0.15) is 0 Å². The topological polar surface area (TPSA) is 77.1 Å². The lowest BCUT2D eigenvalue weighted by Gasteiger charge is -2.33. The van der Waals surface area contributed by atoms with Crippen molar-refractivity contribution in [2.45, 2.75) is 59.9 Å². The number of hydrogen-bond acceptors (Lipinski definition) is 5. The van der Waals surface area contributed by atoms with Crippen molar-refractivity contribution in [3.8, 4) is 17.2 Å². The molecule has 0 bridgehead atoms. The zero-order chi connectivity index (χ0) is 22.1. The Morgan fingerprint density at radius 2 is 1.53 bits per heavy atom. The first kappa shape index (κ1) is 23.8. The number of likely N-dealkylation sites (tertiary alicyclic amines) is 1. The van der Waals surface area contributed by atoms with E-state index in [1.165, 1.54) is 0 Å². The Kier molecular flexibility index (Phi) is 9.27. The van der Waals surface area contributed by atoms with Crippen molar-refractivity contribution in [1.82, 2.24) is 10.2 Å². The Morgan fingerprint density at radius 1 is 1.00 bits per heavy atom. The fourth-order valence-electron chi connectivity index (χ4n) is 3.54. The molecule has 168 valence electrons. The summed E-state index contributed by atoms with van der Waals surface area (Å²) in [6.07, 6.45) is 2.08. The van der Waals surface area contributed by atoms with E-state index < -0.39 is 0 Å². The highest BCUT2D eigenvalue weighted by atomic mass is 16.5. The van der Waals surface area contributed by atoms with Gasteiger partial charge in [-0.2, -0.15) is 0 Å². The highest BCUT2D eigenvalue weighted by Gasteiger charge is 2.25. The van der Waals surface area contributed by atoms with Crippen LogP contribution in [-0.2, 0) is 4.79 Å². The largest absolute Gasteiger partial charge is 0.490 e. The van der Waals surface area contributed by atoms with Crippen molar-refractivity contribution < 1.29 is 23.8 Å². The fraction of sp³-hybridized carbons (Fsp3) is 0.652. The standard InChI is InChI=1S/C23H36N2O5/c1-6-28-19-14-17(15-20(29-7-2)22(19)30-8-3)23(27)24-18-9-11-25(12-10-18)21(26)13-16(4)5/h14-16,18H,6-13H2,1-5H3,(H,24,27). The third-order valence-corrected chi connectivity index (χ3v) is 4.94. The molecule has 1 N–H and O–H groups in total. The first-order valence-electron chi connectivity index (χ1n) is 11.0. The lowest BCUT2D eigenvalue weighted by Crippen LogP contribution is -2.46. The van der Waals surface area contributed by atoms with Gasteiger partial charge >= 0.3 is 0 Å². The first-order chi connectivity index (χ1) is 14.4. The Labute approximate surface area is 180 Å². The number of piperidine rings is 1. The molecule has 0 saturated carbocycles. The summed E-state index contributed by atoms with van der Waals surface area (Å²) in [5.41, 5.74) is 0.476. The number of amides is 2. The van der Waals surface area contributed by atoms with E-state index in [1.807, 2.05) is 25.7 Å². The van der Waals surface area contributed by atoms with Gasteiger partial charge in [-0.1, -0.05) is 13.8 Å². The average molecular weight is 421 g/mol. The highest BCUT2D eigenvalue weighted by Crippen LogP contribution is 2.39. The van der Waals surface area contributed by atoms with Crippen LogP contribution in [0.3, 0.4) is 0 Å². The van der Waals surface area contributed by atoms with Gasteiger partial charge in [0.2, 0.25) is 11.7 Å². The van der Waals surface area contributed by atoms with E-state index >= 15 is 0 Å². The van der Waals surface area contributed by atoms with E-state index in [2.05, 4.69) is 19.2 Å². The molecule has 1 heterocycles. The number of carbonyl (C=O) groups excluding carboxylic acids is 2. The minimum Gasteiger partial charge on any atom is -0.490 e. The molecule has 1 aromatic rings. The van der Waals surface area contributed by atoms with E-state index in [1.54, 1.807) is 12.1 Å². The number of benzene rings is 1. The number of rotatable bonds is 10. The predicted molar refractivity (Wildman–Crippen MR) is 116 cm³/mol. The minimum absolute atomic E-state index is 0.0401. The van der Waals surface area contributed by atoms with Crippen LogP contribution in [0.5, 0.6) is 17.2 Å². The monoisotopic (exact) mass is 420 g/mol. The molecule has 2 amide bonds. The normalized spacial score (nSPS) is 14.5. The maximum Gasteiger partial charge on any atom is 0.251 e. The van der Waals surface area contributed by atoms with E-state index in [-0.39, 0.29) is 17.9 Å². The van der Waals surface area contributed by atoms with E-state index in [0.29, 0.717) is 68.1 Å². The summed E-state index contributed by atoms with van der Waals surface area (Å²) < 4.78 is 17.1. The van der Waals surface area contributed by atoms with Crippen LogP contribution in [0.1, 0.15) is 64.2 Å². The molecule has 2 rings (SSSR count). The third-order valence-electron chi connectivity index (χ3n) is 4.94. The molecule has 0 aliphatic carbocycles. The van der Waals surface area contributed by atoms with Gasteiger partial charge in [-0.25, -0.2) is 0 Å². The number of hydrogen-bond donors (Lipinski definition) is 1. The molecular formula is C23H36N2O5. The lowest BCUT2D eigenvalue weighted by molar-refractivity contribution is -0.133. The first-order valence-corrected chi connectivity index (χ1v) is 11.0. The molecule has 0 radical (unpaired) electrons. The van der Waals surface area contributed by atoms with Crippen LogP contribution >= 0.6 is 0 Å². The summed E-state index contributed by atoms with van der Waals surface area (Å²) in [4.78, 5) is 27.1. The molecule has 30 heavy (non-hydrogen) atoms. The number of nitrogens with zero attached hydrogens (tertiary/aromatic N) is 1. The molecule has 1 fully saturated rings. The highest BCUT2D eigenvalue weighted by molar-refractivity contribution is 5.95. The van der Waals surface area contributed by atoms with Crippen molar-refractivity contribution in [2.24, 2.45) is 5.92 Å². The van der Waals surface area contributed by atoms with Crippen LogP contribution in [0.25, 0.3) is 0 Å². The van der Waals surface area contributed by atoms with E-state index in [9.17, 15) is 9.59 Å². The molecule has 1 saturated heterocycles. The molecule has 1 aliphatic rings. The predicted octanol–water partition coefficient (Wildman–Crippen LogP) is 3.65. The van der Waals surface area contributed by atoms with E-state index in [4.69, 9.17) is 14.2 Å². The smallest absolute Gasteiger partial charge is 0.251 e. The Hall–Kier alpha value is -2.44. The molecule has 7 heteroatoms. The van der Waals surface area contributed by atoms with Gasteiger partial charge in [0.25, 0.3) is 5.91 Å². The second-order valence-electron chi connectivity index (χ2n) is 7.83. The second-order valence-corrected chi connectivity index (χ2v) is 7.83. The van der Waals surface area contributed by atoms with Gasteiger partial charge in [0.05, 0.1) is 19.8 Å². The van der Waals surface area contributed by atoms with Crippen LogP contribution in [0.15, 0.2) is 12.1 Å². The van der Waals surface area contributed by atoms with Gasteiger partial charge in [-0.3, -0.25) is 9.59 Å². The number of ether oxygens (including phenoxy) is 3. The van der Waals surface area contributed by atoms with Crippen molar-refractivity contribution in [2.75, 3.05) is 32.9 Å². The molecule has 1 aliphatic heterocycles. The van der Waals surface area contributed by atoms with Crippen LogP contribution < -0.4 is 19.5 Å². The maximum absolute atomic E-state index is 12.9. The van der Waals surface area contributed by atoms with Crippen molar-refractivity contribution in [3.05, 3.63) is 17.7 Å². The summed E-state index contributed by atoms with van der Waals surface area (Å²) >= 11 is 0. The quantitative estimate of drug-likeness (QED) is 0.625. The van der Waals surface area contributed by atoms with Gasteiger partial charge in [0.15, 0.2) is 11.5 Å². The molecular weight excluding hydrogens is 384 g/mol. The lowest BCUT2D eigenvalue weighted by atomic mass is 10.0. The van der Waals surface area contributed by atoms with Crippen molar-refractivity contribution >= 4 is 11.8 Å². The average Bonchev–Trinajstić information content (AvgIpc) is 2.70. The number of nitrogens with one attached hydrogen (secondary N) is 1. The van der Waals surface area contributed by atoms with Crippen LogP contribution in [0.2, 0.25) is 0 Å². The molecule has 0 aromatic heterocycles. The van der Waals surface area contributed by atoms with Crippen LogP contribution in [-0.4, -0.2) is 55.7 Å². The fourth-order valence-corrected chi connectivity index (χ4v) is 3.54. The summed E-state index contributed by atoms with van der Waals surface area (Å²) in [6, 6.07) is 3.44. The van der Waals surface area contributed by atoms with Gasteiger partial charge in [0, 0.05) is 31.1 Å². The van der Waals surface area contributed by atoms with Gasteiger partial charge in [-0.15, -0.1) is 0 Å². The second kappa shape index (κ2) is 11.7. The van der Waals surface area contributed by atoms with Gasteiger partial charge in [-0.05, 0) is 51.7 Å². The molecule has 0 atom stereocenters. The van der Waals surface area contributed by atoms with Gasteiger partial charge < -0.3 is 24.4 Å². The summed E-state index contributed by atoms with van der Waals surface area (Å²) in [5, 5.41) is 3.10. The van der Waals surface area contributed by atoms with E-state index in [0.717, 1.165) is 12.8 Å².